The molecule has 2 fully saturated rings. The number of rotatable bonds is 6. The van der Waals surface area contributed by atoms with E-state index >= 15 is 0 Å². The molecule has 1 aliphatic carbocycles. The van der Waals surface area contributed by atoms with E-state index in [-0.39, 0.29) is 30.6 Å². The molecule has 3 aromatic rings. The topological polar surface area (TPSA) is 106 Å². The second kappa shape index (κ2) is 12.0. The Labute approximate surface area is 261 Å². The molecule has 0 bridgehead atoms. The van der Waals surface area contributed by atoms with Gasteiger partial charge in [-0.25, -0.2) is 4.39 Å². The van der Waals surface area contributed by atoms with Crippen LogP contribution in [0.15, 0.2) is 54.6 Å². The highest BCUT2D eigenvalue weighted by Crippen LogP contribution is 2.37. The minimum atomic E-state index is -0.663. The summed E-state index contributed by atoms with van der Waals surface area (Å²) < 4.78 is 20.9. The van der Waals surface area contributed by atoms with Gasteiger partial charge in [0.25, 0.3) is 5.91 Å². The van der Waals surface area contributed by atoms with Crippen molar-refractivity contribution in [2.45, 2.75) is 57.3 Å². The minimum Gasteiger partial charge on any atom is -0.489 e. The zero-order valence-electron chi connectivity index (χ0n) is 24.9. The van der Waals surface area contributed by atoms with E-state index in [1.807, 2.05) is 12.1 Å². The number of benzene rings is 3. The fourth-order valence-electron chi connectivity index (χ4n) is 7.27. The van der Waals surface area contributed by atoms with Crippen molar-refractivity contribution in [3.8, 4) is 11.8 Å². The first-order valence-electron chi connectivity index (χ1n) is 15.6. The standard InChI is InChI=1S/C35H34FN5O4/c36-28-18-22(19-37)8-10-30(28)40-15-13-39(14-16-40)29-5-1-3-24-17-23(7-9-25(24)29)21-45-32-6-2-4-26-27(32)20-41(35(26)44)31-11-12-33(42)38-34(31)43/h2,4,6-10,17-18,29,31H,1,3,5,11-16,20-21H2,(H,38,42,43)/t29-,31+/m1/s1. The van der Waals surface area contributed by atoms with Gasteiger partial charge in [0, 0.05) is 49.8 Å². The van der Waals surface area contributed by atoms with Gasteiger partial charge in [0.2, 0.25) is 11.8 Å². The normalized spacial score (nSPS) is 21.6. The zero-order chi connectivity index (χ0) is 31.1. The number of fused-ring (bicyclic) bond motifs is 2. The number of imide groups is 1. The fourth-order valence-corrected chi connectivity index (χ4v) is 7.27. The molecule has 1 N–H and O–H groups in total. The van der Waals surface area contributed by atoms with Crippen molar-refractivity contribution < 1.29 is 23.5 Å². The highest BCUT2D eigenvalue weighted by molar-refractivity contribution is 6.05. The number of hydrogen-bond donors (Lipinski definition) is 1. The second-order valence-corrected chi connectivity index (χ2v) is 12.2. The van der Waals surface area contributed by atoms with E-state index in [1.165, 1.54) is 17.2 Å². The molecule has 0 saturated carbocycles. The molecule has 0 spiro atoms. The molecule has 3 amide bonds. The Balaban J connectivity index is 1.00. The van der Waals surface area contributed by atoms with Gasteiger partial charge in [-0.1, -0.05) is 24.3 Å². The molecule has 2 atom stereocenters. The van der Waals surface area contributed by atoms with Gasteiger partial charge in [0.05, 0.1) is 23.9 Å². The number of carbonyl (C=O) groups is 3. The summed E-state index contributed by atoms with van der Waals surface area (Å²) in [5, 5.41) is 11.4. The van der Waals surface area contributed by atoms with Crippen LogP contribution in [0.2, 0.25) is 0 Å². The molecule has 10 heteroatoms. The van der Waals surface area contributed by atoms with Crippen LogP contribution in [0, 0.1) is 17.1 Å². The van der Waals surface area contributed by atoms with Crippen molar-refractivity contribution in [3.05, 3.63) is 93.8 Å². The first-order valence-corrected chi connectivity index (χ1v) is 15.6. The Morgan fingerprint density at radius 3 is 2.58 bits per heavy atom. The lowest BCUT2D eigenvalue weighted by molar-refractivity contribution is -0.136. The Morgan fingerprint density at radius 1 is 0.956 bits per heavy atom. The van der Waals surface area contributed by atoms with E-state index in [9.17, 15) is 18.8 Å². The number of anilines is 1. The van der Waals surface area contributed by atoms with E-state index in [4.69, 9.17) is 10.00 Å². The fraction of sp³-hybridized carbons (Fsp3) is 0.371. The molecule has 7 rings (SSSR count). The van der Waals surface area contributed by atoms with Crippen LogP contribution >= 0.6 is 0 Å². The molecule has 45 heavy (non-hydrogen) atoms. The maximum absolute atomic E-state index is 14.6. The number of aryl methyl sites for hydroxylation is 1. The lowest BCUT2D eigenvalue weighted by Crippen LogP contribution is -2.52. The number of ether oxygens (including phenoxy) is 1. The molecule has 0 unspecified atom stereocenters. The van der Waals surface area contributed by atoms with Crippen molar-refractivity contribution >= 4 is 23.4 Å². The van der Waals surface area contributed by atoms with Crippen LogP contribution in [0.25, 0.3) is 0 Å². The van der Waals surface area contributed by atoms with E-state index in [0.717, 1.165) is 56.6 Å². The van der Waals surface area contributed by atoms with Crippen LogP contribution in [0.1, 0.15) is 69.9 Å². The van der Waals surface area contributed by atoms with Crippen LogP contribution in [0.4, 0.5) is 10.1 Å². The van der Waals surface area contributed by atoms with Gasteiger partial charge in [-0.05, 0) is 72.7 Å². The third kappa shape index (κ3) is 5.53. The highest BCUT2D eigenvalue weighted by atomic mass is 19.1. The third-order valence-electron chi connectivity index (χ3n) is 9.60. The summed E-state index contributed by atoms with van der Waals surface area (Å²) in [7, 11) is 0. The number of nitriles is 1. The van der Waals surface area contributed by atoms with Crippen molar-refractivity contribution in [2.75, 3.05) is 31.1 Å². The monoisotopic (exact) mass is 607 g/mol. The van der Waals surface area contributed by atoms with Crippen LogP contribution < -0.4 is 15.0 Å². The van der Waals surface area contributed by atoms with Gasteiger partial charge in [-0.3, -0.25) is 24.6 Å². The first kappa shape index (κ1) is 29.0. The van der Waals surface area contributed by atoms with Crippen LogP contribution in [-0.2, 0) is 29.2 Å². The zero-order valence-corrected chi connectivity index (χ0v) is 24.9. The van der Waals surface area contributed by atoms with E-state index in [1.54, 1.807) is 29.2 Å². The number of piperidine rings is 1. The number of carbonyl (C=O) groups excluding carboxylic acids is 3. The van der Waals surface area contributed by atoms with Gasteiger partial charge in [0.1, 0.15) is 24.2 Å². The largest absolute Gasteiger partial charge is 0.489 e. The molecule has 9 nitrogen and oxygen atoms in total. The molecule has 0 radical (unpaired) electrons. The molecule has 2 saturated heterocycles. The Bertz CT molecular complexity index is 1730. The molecule has 3 heterocycles. The summed E-state index contributed by atoms with van der Waals surface area (Å²) in [4.78, 5) is 43.3. The van der Waals surface area contributed by atoms with Gasteiger partial charge in [0.15, 0.2) is 0 Å². The summed E-state index contributed by atoms with van der Waals surface area (Å²) >= 11 is 0. The van der Waals surface area contributed by atoms with Crippen LogP contribution in [-0.4, -0.2) is 59.7 Å². The quantitative estimate of drug-likeness (QED) is 0.418. The molecular formula is C35H34FN5O4. The molecule has 230 valence electrons. The third-order valence-corrected chi connectivity index (χ3v) is 9.60. The SMILES string of the molecule is N#Cc1ccc(N2CCN([C@@H]3CCCc4cc(COc5cccc6c5CN([C@H]5CCC(=O)NC5=O)C6=O)ccc43)CC2)c(F)c1. The number of hydrogen-bond acceptors (Lipinski definition) is 7. The maximum atomic E-state index is 14.6. The Morgan fingerprint density at radius 2 is 1.80 bits per heavy atom. The number of nitrogens with one attached hydrogen (secondary N) is 1. The minimum absolute atomic E-state index is 0.215. The lowest BCUT2D eigenvalue weighted by Gasteiger charge is -2.42. The summed E-state index contributed by atoms with van der Waals surface area (Å²) in [5.41, 5.74) is 5.91. The van der Waals surface area contributed by atoms with Gasteiger partial charge in [-0.2, -0.15) is 5.26 Å². The molecular weight excluding hydrogens is 573 g/mol. The van der Waals surface area contributed by atoms with Gasteiger partial charge in [-0.15, -0.1) is 0 Å². The van der Waals surface area contributed by atoms with Gasteiger partial charge >= 0.3 is 0 Å². The number of halogens is 1. The molecule has 0 aromatic heterocycles. The highest BCUT2D eigenvalue weighted by Gasteiger charge is 2.40. The van der Waals surface area contributed by atoms with Gasteiger partial charge < -0.3 is 14.5 Å². The van der Waals surface area contributed by atoms with Crippen LogP contribution in [0.5, 0.6) is 5.75 Å². The molecule has 4 aliphatic rings. The number of piperazine rings is 1. The van der Waals surface area contributed by atoms with Crippen LogP contribution in [0.3, 0.4) is 0 Å². The van der Waals surface area contributed by atoms with Crippen molar-refractivity contribution in [1.29, 1.82) is 5.26 Å². The smallest absolute Gasteiger partial charge is 0.255 e. The lowest BCUT2D eigenvalue weighted by atomic mass is 9.85. The number of amides is 3. The maximum Gasteiger partial charge on any atom is 0.255 e. The van der Waals surface area contributed by atoms with E-state index in [0.29, 0.717) is 41.6 Å². The summed E-state index contributed by atoms with van der Waals surface area (Å²) in [6.45, 7) is 3.75. The molecule has 3 aliphatic heterocycles. The predicted octanol–water partition coefficient (Wildman–Crippen LogP) is 4.24. The van der Waals surface area contributed by atoms with Crippen molar-refractivity contribution in [3.63, 3.8) is 0 Å². The molecule has 3 aromatic carbocycles. The summed E-state index contributed by atoms with van der Waals surface area (Å²) in [5.74, 6) is -0.668. The van der Waals surface area contributed by atoms with E-state index < -0.39 is 11.9 Å². The average molecular weight is 608 g/mol. The van der Waals surface area contributed by atoms with Crippen molar-refractivity contribution in [2.24, 2.45) is 0 Å². The number of nitrogens with zero attached hydrogens (tertiary/aromatic N) is 4. The second-order valence-electron chi connectivity index (χ2n) is 12.2. The Kier molecular flexibility index (Phi) is 7.71. The predicted molar refractivity (Wildman–Crippen MR) is 164 cm³/mol. The first-order chi connectivity index (χ1) is 21.9. The Hall–Kier alpha value is -4.75. The van der Waals surface area contributed by atoms with Crippen molar-refractivity contribution in [1.82, 2.24) is 15.1 Å². The van der Waals surface area contributed by atoms with E-state index in [2.05, 4.69) is 33.3 Å². The average Bonchev–Trinajstić information content (AvgIpc) is 3.39. The summed E-state index contributed by atoms with van der Waals surface area (Å²) in [6.07, 6.45) is 3.72. The summed E-state index contributed by atoms with van der Waals surface area (Å²) in [6, 6.07) is 18.3.